The van der Waals surface area contributed by atoms with Gasteiger partial charge in [0.1, 0.15) is 0 Å². The van der Waals surface area contributed by atoms with Crippen LogP contribution in [-0.4, -0.2) is 37.7 Å². The summed E-state index contributed by atoms with van der Waals surface area (Å²) in [6.07, 6.45) is 3.83. The molecule has 0 unspecified atom stereocenters. The molecule has 0 saturated carbocycles. The van der Waals surface area contributed by atoms with Crippen LogP contribution in [0.2, 0.25) is 0 Å². The van der Waals surface area contributed by atoms with Gasteiger partial charge in [-0.2, -0.15) is 0 Å². The maximum atomic E-state index is 5.63. The van der Waals surface area contributed by atoms with E-state index in [0.29, 0.717) is 18.9 Å². The van der Waals surface area contributed by atoms with E-state index in [1.165, 1.54) is 4.88 Å². The van der Waals surface area contributed by atoms with E-state index in [4.69, 9.17) is 9.47 Å². The van der Waals surface area contributed by atoms with E-state index in [2.05, 4.69) is 27.5 Å². The van der Waals surface area contributed by atoms with E-state index in [9.17, 15) is 0 Å². The fourth-order valence-electron chi connectivity index (χ4n) is 2.36. The third-order valence-corrected chi connectivity index (χ3v) is 4.82. The molecule has 142 valence electrons. The van der Waals surface area contributed by atoms with Gasteiger partial charge in [0.25, 0.3) is 0 Å². The highest BCUT2D eigenvalue weighted by Gasteiger charge is 2.07. The highest BCUT2D eigenvalue weighted by Crippen LogP contribution is 2.30. The van der Waals surface area contributed by atoms with E-state index in [0.717, 1.165) is 41.8 Å². The number of thiazole rings is 1. The molecule has 0 atom stereocenters. The molecule has 2 rings (SSSR count). The number of aliphatic imine (C=N–C) groups is 1. The van der Waals surface area contributed by atoms with Gasteiger partial charge in [0, 0.05) is 42.3 Å². The minimum Gasteiger partial charge on any atom is -0.493 e. The van der Waals surface area contributed by atoms with Gasteiger partial charge in [0.2, 0.25) is 0 Å². The van der Waals surface area contributed by atoms with Crippen molar-refractivity contribution in [2.24, 2.45) is 4.99 Å². The predicted octanol–water partition coefficient (Wildman–Crippen LogP) is 3.73. The minimum absolute atomic E-state index is 0.585. The lowest BCUT2D eigenvalue weighted by Crippen LogP contribution is -2.30. The van der Waals surface area contributed by atoms with Crippen LogP contribution in [0.1, 0.15) is 30.7 Å². The van der Waals surface area contributed by atoms with E-state index in [-0.39, 0.29) is 0 Å². The molecule has 0 aliphatic carbocycles. The van der Waals surface area contributed by atoms with Gasteiger partial charge in [-0.1, -0.05) is 6.92 Å². The number of nitrogens with one attached hydrogen (secondary N) is 2. The molecule has 1 heterocycles. The Bertz CT molecular complexity index is 715. The first-order valence-corrected chi connectivity index (χ1v) is 9.81. The monoisotopic (exact) mass is 376 g/mol. The summed E-state index contributed by atoms with van der Waals surface area (Å²) in [5, 5.41) is 7.71. The van der Waals surface area contributed by atoms with Crippen LogP contribution < -0.4 is 20.1 Å². The number of nitrogens with zero attached hydrogens (tertiary/aromatic N) is 2. The predicted molar refractivity (Wildman–Crippen MR) is 109 cm³/mol. The summed E-state index contributed by atoms with van der Waals surface area (Å²) >= 11 is 1.76. The molecule has 0 fully saturated rings. The quantitative estimate of drug-likeness (QED) is 0.515. The smallest absolute Gasteiger partial charge is 0.195 e. The molecular formula is C19H28N4O2S. The second-order valence-electron chi connectivity index (χ2n) is 5.51. The Balaban J connectivity index is 2.03. The van der Waals surface area contributed by atoms with Gasteiger partial charge < -0.3 is 20.1 Å². The van der Waals surface area contributed by atoms with Gasteiger partial charge in [-0.05, 0) is 32.4 Å². The summed E-state index contributed by atoms with van der Waals surface area (Å²) in [6.45, 7) is 8.20. The van der Waals surface area contributed by atoms with E-state index >= 15 is 0 Å². The third kappa shape index (κ3) is 5.91. The van der Waals surface area contributed by atoms with Gasteiger partial charge in [0.05, 0.1) is 18.7 Å². The first-order chi connectivity index (χ1) is 12.7. The van der Waals surface area contributed by atoms with E-state index in [1.807, 2.05) is 38.2 Å². The Kier molecular flexibility index (Phi) is 8.21. The lowest BCUT2D eigenvalue weighted by atomic mass is 10.2. The highest BCUT2D eigenvalue weighted by molar-refractivity contribution is 7.11. The van der Waals surface area contributed by atoms with Gasteiger partial charge in [-0.25, -0.2) is 4.98 Å². The maximum Gasteiger partial charge on any atom is 0.195 e. The molecule has 0 aliphatic rings. The second-order valence-corrected chi connectivity index (χ2v) is 6.71. The van der Waals surface area contributed by atoms with Crippen LogP contribution in [0, 0.1) is 0 Å². The maximum absolute atomic E-state index is 5.63. The molecule has 0 spiro atoms. The van der Waals surface area contributed by atoms with Crippen LogP contribution in [0.25, 0.3) is 0 Å². The minimum atomic E-state index is 0.585. The summed E-state index contributed by atoms with van der Waals surface area (Å²) in [5.74, 6) is 2.17. The summed E-state index contributed by atoms with van der Waals surface area (Å²) < 4.78 is 11.0. The normalized spacial score (nSPS) is 11.3. The van der Waals surface area contributed by atoms with Crippen LogP contribution in [0.5, 0.6) is 11.5 Å². The summed E-state index contributed by atoms with van der Waals surface area (Å²) in [5.41, 5.74) is 0.900. The Morgan fingerprint density at radius 3 is 2.73 bits per heavy atom. The van der Waals surface area contributed by atoms with Crippen molar-refractivity contribution in [3.05, 3.63) is 34.3 Å². The van der Waals surface area contributed by atoms with Crippen molar-refractivity contribution >= 4 is 23.0 Å². The number of aryl methyl sites for hydroxylation is 1. The first kappa shape index (κ1) is 20.0. The van der Waals surface area contributed by atoms with E-state index in [1.54, 1.807) is 18.4 Å². The van der Waals surface area contributed by atoms with Crippen molar-refractivity contribution in [2.45, 2.75) is 33.6 Å². The van der Waals surface area contributed by atoms with Crippen molar-refractivity contribution in [2.75, 3.05) is 32.1 Å². The van der Waals surface area contributed by atoms with Gasteiger partial charge >= 0.3 is 0 Å². The number of hydrogen-bond donors (Lipinski definition) is 2. The van der Waals surface area contributed by atoms with Crippen molar-refractivity contribution in [3.63, 3.8) is 0 Å². The van der Waals surface area contributed by atoms with Crippen LogP contribution >= 0.6 is 11.3 Å². The van der Waals surface area contributed by atoms with E-state index < -0.39 is 0 Å². The number of anilines is 1. The summed E-state index contributed by atoms with van der Waals surface area (Å²) in [4.78, 5) is 10.4. The SMILES string of the molecule is CCNC(=NCCc1ncc(CC)s1)Nc1ccc(OC)c(OCC)c1. The standard InChI is InChI=1S/C19H28N4O2S/c1-5-15-13-22-18(26-15)10-11-21-19(20-6-2)23-14-8-9-16(24-4)17(12-14)25-7-3/h8-9,12-13H,5-7,10-11H2,1-4H3,(H2,20,21,23). The van der Waals surface area contributed by atoms with Crippen LogP contribution in [0.4, 0.5) is 5.69 Å². The lowest BCUT2D eigenvalue weighted by molar-refractivity contribution is 0.311. The zero-order chi connectivity index (χ0) is 18.8. The van der Waals surface area contributed by atoms with Gasteiger partial charge in [-0.15, -0.1) is 11.3 Å². The molecule has 0 radical (unpaired) electrons. The molecule has 2 N–H and O–H groups in total. The summed E-state index contributed by atoms with van der Waals surface area (Å²) in [6, 6.07) is 5.75. The number of guanidine groups is 1. The fraction of sp³-hybridized carbons (Fsp3) is 0.474. The Morgan fingerprint density at radius 1 is 1.23 bits per heavy atom. The second kappa shape index (κ2) is 10.7. The Morgan fingerprint density at radius 2 is 2.08 bits per heavy atom. The Labute approximate surface area is 159 Å². The fourth-order valence-corrected chi connectivity index (χ4v) is 3.21. The molecule has 1 aromatic heterocycles. The molecule has 0 aliphatic heterocycles. The zero-order valence-electron chi connectivity index (χ0n) is 16.0. The first-order valence-electron chi connectivity index (χ1n) is 8.99. The molecule has 2 aromatic rings. The average Bonchev–Trinajstić information content (AvgIpc) is 3.10. The number of benzene rings is 1. The van der Waals surface area contributed by atoms with Gasteiger partial charge in [-0.3, -0.25) is 4.99 Å². The van der Waals surface area contributed by atoms with Crippen molar-refractivity contribution < 1.29 is 9.47 Å². The summed E-state index contributed by atoms with van der Waals surface area (Å²) in [7, 11) is 1.64. The van der Waals surface area contributed by atoms with Crippen LogP contribution in [0.3, 0.4) is 0 Å². The Hall–Kier alpha value is -2.28. The number of aromatic nitrogens is 1. The molecule has 0 saturated heterocycles. The average molecular weight is 377 g/mol. The number of rotatable bonds is 9. The highest BCUT2D eigenvalue weighted by atomic mass is 32.1. The molecule has 1 aromatic carbocycles. The van der Waals surface area contributed by atoms with Crippen LogP contribution in [0.15, 0.2) is 29.4 Å². The van der Waals surface area contributed by atoms with Crippen molar-refractivity contribution in [1.82, 2.24) is 10.3 Å². The molecule has 0 amide bonds. The number of methoxy groups -OCH3 is 1. The molecule has 26 heavy (non-hydrogen) atoms. The molecule has 0 bridgehead atoms. The molecule has 7 heteroatoms. The van der Waals surface area contributed by atoms with Gasteiger partial charge in [0.15, 0.2) is 17.5 Å². The van der Waals surface area contributed by atoms with Crippen molar-refractivity contribution in [3.8, 4) is 11.5 Å². The zero-order valence-corrected chi connectivity index (χ0v) is 16.8. The van der Waals surface area contributed by atoms with Crippen molar-refractivity contribution in [1.29, 1.82) is 0 Å². The molecule has 6 nitrogen and oxygen atoms in total. The lowest BCUT2D eigenvalue weighted by Gasteiger charge is -2.14. The third-order valence-electron chi connectivity index (χ3n) is 3.62. The number of hydrogen-bond acceptors (Lipinski definition) is 5. The molecular weight excluding hydrogens is 348 g/mol. The topological polar surface area (TPSA) is 67.8 Å². The number of ether oxygens (including phenoxy) is 2. The van der Waals surface area contributed by atoms with Crippen LogP contribution in [-0.2, 0) is 12.8 Å². The largest absolute Gasteiger partial charge is 0.493 e.